The molecule has 3 heterocycles. The van der Waals surface area contributed by atoms with E-state index in [-0.39, 0.29) is 22.9 Å². The highest BCUT2D eigenvalue weighted by molar-refractivity contribution is 6.47. The number of aliphatic hydroxyl groups is 1. The molecule has 2 aliphatic heterocycles. The Labute approximate surface area is 205 Å². The first-order chi connectivity index (χ1) is 16.4. The summed E-state index contributed by atoms with van der Waals surface area (Å²) in [7, 11) is 0. The molecule has 1 atom stereocenters. The molecule has 2 aliphatic rings. The Kier molecular flexibility index (Phi) is 5.89. The van der Waals surface area contributed by atoms with Crippen molar-refractivity contribution >= 4 is 40.7 Å². The molecular formula is C25H18Cl2N2O5. The lowest BCUT2D eigenvalue weighted by atomic mass is 9.95. The molecule has 1 unspecified atom stereocenters. The lowest BCUT2D eigenvalue weighted by Crippen LogP contribution is -2.29. The van der Waals surface area contributed by atoms with E-state index in [0.717, 1.165) is 5.56 Å². The van der Waals surface area contributed by atoms with Crippen LogP contribution >= 0.6 is 23.2 Å². The first-order valence-electron chi connectivity index (χ1n) is 10.5. The highest BCUT2D eigenvalue weighted by atomic mass is 35.5. The summed E-state index contributed by atoms with van der Waals surface area (Å²) >= 11 is 12.6. The zero-order valence-corrected chi connectivity index (χ0v) is 19.2. The van der Waals surface area contributed by atoms with Gasteiger partial charge < -0.3 is 19.5 Å². The van der Waals surface area contributed by atoms with E-state index >= 15 is 0 Å². The van der Waals surface area contributed by atoms with Crippen molar-refractivity contribution in [2.75, 3.05) is 13.2 Å². The number of ketones is 1. The van der Waals surface area contributed by atoms with Crippen molar-refractivity contribution in [3.05, 3.63) is 93.2 Å². The van der Waals surface area contributed by atoms with Crippen LogP contribution in [-0.2, 0) is 16.1 Å². The minimum Gasteiger partial charge on any atom is -0.507 e. The molecule has 0 saturated carbocycles. The maximum Gasteiger partial charge on any atom is 0.295 e. The zero-order chi connectivity index (χ0) is 23.8. The van der Waals surface area contributed by atoms with Gasteiger partial charge in [-0.1, -0.05) is 29.3 Å². The van der Waals surface area contributed by atoms with Gasteiger partial charge >= 0.3 is 0 Å². The minimum atomic E-state index is -0.925. The Morgan fingerprint density at radius 3 is 2.47 bits per heavy atom. The van der Waals surface area contributed by atoms with Crippen LogP contribution in [0.3, 0.4) is 0 Å². The van der Waals surface area contributed by atoms with E-state index in [4.69, 9.17) is 32.7 Å². The molecule has 7 nitrogen and oxygen atoms in total. The van der Waals surface area contributed by atoms with Crippen molar-refractivity contribution in [1.82, 2.24) is 9.88 Å². The van der Waals surface area contributed by atoms with Crippen molar-refractivity contribution in [2.45, 2.75) is 12.6 Å². The maximum absolute atomic E-state index is 13.2. The van der Waals surface area contributed by atoms with Crippen LogP contribution < -0.4 is 9.47 Å². The predicted molar refractivity (Wildman–Crippen MR) is 126 cm³/mol. The van der Waals surface area contributed by atoms with Crippen LogP contribution in [0.15, 0.2) is 66.5 Å². The van der Waals surface area contributed by atoms with E-state index < -0.39 is 17.7 Å². The lowest BCUT2D eigenvalue weighted by molar-refractivity contribution is -0.140. The van der Waals surface area contributed by atoms with Gasteiger partial charge in [0.05, 0.1) is 11.6 Å². The van der Waals surface area contributed by atoms with Gasteiger partial charge in [-0.3, -0.25) is 14.6 Å². The number of ether oxygens (including phenoxy) is 2. The van der Waals surface area contributed by atoms with Gasteiger partial charge in [0.25, 0.3) is 11.7 Å². The summed E-state index contributed by atoms with van der Waals surface area (Å²) in [6.07, 6.45) is 3.21. The fourth-order valence-electron chi connectivity index (χ4n) is 4.12. The van der Waals surface area contributed by atoms with Crippen molar-refractivity contribution in [2.24, 2.45) is 0 Å². The third-order valence-corrected chi connectivity index (χ3v) is 6.28. The summed E-state index contributed by atoms with van der Waals surface area (Å²) in [5.41, 5.74) is 1.49. The topological polar surface area (TPSA) is 89.0 Å². The molecule has 1 N–H and O–H groups in total. The van der Waals surface area contributed by atoms with Gasteiger partial charge in [0, 0.05) is 34.5 Å². The number of rotatable bonds is 4. The minimum absolute atomic E-state index is 0.0695. The van der Waals surface area contributed by atoms with Crippen molar-refractivity contribution in [3.8, 4) is 11.5 Å². The Bertz CT molecular complexity index is 1330. The Balaban J connectivity index is 1.66. The second-order valence-electron chi connectivity index (χ2n) is 7.81. The van der Waals surface area contributed by atoms with Crippen molar-refractivity contribution < 1.29 is 24.2 Å². The summed E-state index contributed by atoms with van der Waals surface area (Å²) in [6, 6.07) is 12.2. The number of hydrogen-bond donors (Lipinski definition) is 1. The number of carbonyl (C=O) groups is 2. The fourth-order valence-corrected chi connectivity index (χ4v) is 4.63. The third-order valence-electron chi connectivity index (χ3n) is 5.71. The summed E-state index contributed by atoms with van der Waals surface area (Å²) in [4.78, 5) is 31.8. The number of hydrogen-bond acceptors (Lipinski definition) is 6. The molecule has 0 bridgehead atoms. The van der Waals surface area contributed by atoms with Crippen LogP contribution in [-0.4, -0.2) is 39.9 Å². The summed E-state index contributed by atoms with van der Waals surface area (Å²) in [5, 5.41) is 12.0. The molecule has 2 aromatic carbocycles. The normalized spacial score (nSPS) is 18.9. The van der Waals surface area contributed by atoms with Gasteiger partial charge in [0.1, 0.15) is 19.0 Å². The SMILES string of the molecule is O=C1C(=O)N(Cc2ccncc2)C(c2ccc(Cl)cc2Cl)C1=C(O)c1ccc2c(c1)OCCO2. The molecule has 172 valence electrons. The average molecular weight is 497 g/mol. The molecule has 0 spiro atoms. The molecule has 3 aromatic rings. The molecule has 34 heavy (non-hydrogen) atoms. The number of aliphatic hydroxyl groups excluding tert-OH is 1. The maximum atomic E-state index is 13.2. The molecule has 1 amide bonds. The van der Waals surface area contributed by atoms with Crippen molar-refractivity contribution in [3.63, 3.8) is 0 Å². The fraction of sp³-hybridized carbons (Fsp3) is 0.160. The van der Waals surface area contributed by atoms with E-state index in [2.05, 4.69) is 4.98 Å². The second-order valence-corrected chi connectivity index (χ2v) is 8.65. The number of aromatic nitrogens is 1. The number of halogens is 2. The highest BCUT2D eigenvalue weighted by Gasteiger charge is 2.46. The van der Waals surface area contributed by atoms with Crippen LogP contribution in [0.4, 0.5) is 0 Å². The number of fused-ring (bicyclic) bond motifs is 1. The third kappa shape index (κ3) is 3.97. The monoisotopic (exact) mass is 496 g/mol. The van der Waals surface area contributed by atoms with E-state index in [9.17, 15) is 14.7 Å². The van der Waals surface area contributed by atoms with Crippen LogP contribution in [0.1, 0.15) is 22.7 Å². The van der Waals surface area contributed by atoms with Crippen LogP contribution in [0.25, 0.3) is 5.76 Å². The van der Waals surface area contributed by atoms with Crippen LogP contribution in [0.2, 0.25) is 10.0 Å². The van der Waals surface area contributed by atoms with E-state index in [1.165, 1.54) is 11.0 Å². The highest BCUT2D eigenvalue weighted by Crippen LogP contribution is 2.44. The largest absolute Gasteiger partial charge is 0.507 e. The Morgan fingerprint density at radius 2 is 1.74 bits per heavy atom. The molecule has 1 aromatic heterocycles. The molecule has 9 heteroatoms. The number of Topliss-reactive ketones (excluding diaryl/α,β-unsaturated/α-hetero) is 1. The standard InChI is InChI=1S/C25H18Cl2N2O5/c26-16-2-3-17(18(27)12-16)22-21(23(30)15-1-4-19-20(11-15)34-10-9-33-19)24(31)25(32)29(22)13-14-5-7-28-8-6-14/h1-8,11-12,22,30H,9-10,13H2. The van der Waals surface area contributed by atoms with E-state index in [1.54, 1.807) is 54.9 Å². The summed E-state index contributed by atoms with van der Waals surface area (Å²) in [5.74, 6) is -0.895. The average Bonchev–Trinajstić information content (AvgIpc) is 3.09. The van der Waals surface area contributed by atoms with E-state index in [0.29, 0.717) is 40.9 Å². The Hall–Kier alpha value is -3.55. The second kappa shape index (κ2) is 9.00. The molecule has 1 saturated heterocycles. The summed E-state index contributed by atoms with van der Waals surface area (Å²) < 4.78 is 11.1. The van der Waals surface area contributed by atoms with Crippen molar-refractivity contribution in [1.29, 1.82) is 0 Å². The quantitative estimate of drug-likeness (QED) is 0.317. The number of amides is 1. The number of pyridine rings is 1. The molecule has 0 aliphatic carbocycles. The predicted octanol–water partition coefficient (Wildman–Crippen LogP) is 4.78. The van der Waals surface area contributed by atoms with Crippen LogP contribution in [0.5, 0.6) is 11.5 Å². The Morgan fingerprint density at radius 1 is 1.00 bits per heavy atom. The van der Waals surface area contributed by atoms with Gasteiger partial charge in [-0.2, -0.15) is 0 Å². The van der Waals surface area contributed by atoms with Gasteiger partial charge in [-0.15, -0.1) is 0 Å². The molecular weight excluding hydrogens is 479 g/mol. The first-order valence-corrected chi connectivity index (χ1v) is 11.2. The number of likely N-dealkylation sites (tertiary alicyclic amines) is 1. The first kappa shape index (κ1) is 22.3. The molecule has 5 rings (SSSR count). The number of benzene rings is 2. The summed E-state index contributed by atoms with van der Waals surface area (Å²) in [6.45, 7) is 0.913. The van der Waals surface area contributed by atoms with Gasteiger partial charge in [-0.05, 0) is 53.6 Å². The number of nitrogens with zero attached hydrogens (tertiary/aromatic N) is 2. The molecule has 1 fully saturated rings. The van der Waals surface area contributed by atoms with Gasteiger partial charge in [0.2, 0.25) is 0 Å². The zero-order valence-electron chi connectivity index (χ0n) is 17.7. The number of carbonyl (C=O) groups excluding carboxylic acids is 2. The smallest absolute Gasteiger partial charge is 0.295 e. The van der Waals surface area contributed by atoms with Gasteiger partial charge in [0.15, 0.2) is 11.5 Å². The van der Waals surface area contributed by atoms with E-state index in [1.807, 2.05) is 0 Å². The molecule has 0 radical (unpaired) electrons. The van der Waals surface area contributed by atoms with Gasteiger partial charge in [-0.25, -0.2) is 0 Å². The lowest BCUT2D eigenvalue weighted by Gasteiger charge is -2.26. The van der Waals surface area contributed by atoms with Crippen LogP contribution in [0, 0.1) is 0 Å².